The summed E-state index contributed by atoms with van der Waals surface area (Å²) < 4.78 is 5.35. The molecule has 1 aliphatic rings. The second kappa shape index (κ2) is 6.70. The van der Waals surface area contributed by atoms with Gasteiger partial charge in [0.25, 0.3) is 0 Å². The zero-order valence-electron chi connectivity index (χ0n) is 8.46. The van der Waals surface area contributed by atoms with Crippen LogP contribution in [0.5, 0.6) is 0 Å². The van der Waals surface area contributed by atoms with Crippen LogP contribution in [0.25, 0.3) is 0 Å². The van der Waals surface area contributed by atoms with E-state index < -0.39 is 0 Å². The molecule has 0 amide bonds. The standard InChI is InChI=1S/C11H19NO/c1-2-3-4-5-6-8-11-12-9-7-10-13-11/h7,9H,2-6,8,10H2,1H3. The minimum absolute atomic E-state index is 0.702. The Morgan fingerprint density at radius 2 is 2.15 bits per heavy atom. The average molecular weight is 181 g/mol. The Bertz CT molecular complexity index is 185. The molecule has 0 unspecified atom stereocenters. The molecule has 0 bridgehead atoms. The van der Waals surface area contributed by atoms with Gasteiger partial charge < -0.3 is 4.74 Å². The summed E-state index contributed by atoms with van der Waals surface area (Å²) in [6, 6.07) is 0. The molecule has 0 aliphatic carbocycles. The van der Waals surface area contributed by atoms with Crippen LogP contribution >= 0.6 is 0 Å². The highest BCUT2D eigenvalue weighted by molar-refractivity contribution is 5.77. The molecule has 74 valence electrons. The van der Waals surface area contributed by atoms with Gasteiger partial charge in [-0.1, -0.05) is 32.6 Å². The Morgan fingerprint density at radius 3 is 2.85 bits per heavy atom. The van der Waals surface area contributed by atoms with Crippen LogP contribution in [0, 0.1) is 0 Å². The summed E-state index contributed by atoms with van der Waals surface area (Å²) in [6.45, 7) is 2.94. The molecule has 2 heteroatoms. The Balaban J connectivity index is 1.99. The number of nitrogens with zero attached hydrogens (tertiary/aromatic N) is 1. The summed E-state index contributed by atoms with van der Waals surface area (Å²) in [7, 11) is 0. The maximum absolute atomic E-state index is 5.35. The molecule has 0 fully saturated rings. The Morgan fingerprint density at radius 1 is 1.31 bits per heavy atom. The zero-order chi connectivity index (χ0) is 9.36. The first-order valence-electron chi connectivity index (χ1n) is 5.28. The highest BCUT2D eigenvalue weighted by atomic mass is 16.5. The second-order valence-corrected chi connectivity index (χ2v) is 3.38. The van der Waals surface area contributed by atoms with Gasteiger partial charge in [0.1, 0.15) is 6.61 Å². The van der Waals surface area contributed by atoms with E-state index in [4.69, 9.17) is 4.74 Å². The maximum Gasteiger partial charge on any atom is 0.188 e. The summed E-state index contributed by atoms with van der Waals surface area (Å²) in [4.78, 5) is 4.16. The van der Waals surface area contributed by atoms with Gasteiger partial charge in [0.15, 0.2) is 5.90 Å². The topological polar surface area (TPSA) is 21.6 Å². The quantitative estimate of drug-likeness (QED) is 0.576. The number of rotatable bonds is 6. The summed E-state index contributed by atoms with van der Waals surface area (Å²) in [5, 5.41) is 0. The van der Waals surface area contributed by atoms with Crippen molar-refractivity contribution in [2.24, 2.45) is 4.99 Å². The summed E-state index contributed by atoms with van der Waals surface area (Å²) >= 11 is 0. The first-order valence-corrected chi connectivity index (χ1v) is 5.28. The van der Waals surface area contributed by atoms with E-state index in [2.05, 4.69) is 11.9 Å². The molecule has 0 aromatic rings. The predicted molar refractivity (Wildman–Crippen MR) is 55.9 cm³/mol. The van der Waals surface area contributed by atoms with E-state index in [1.807, 2.05) is 12.3 Å². The van der Waals surface area contributed by atoms with E-state index in [-0.39, 0.29) is 0 Å². The van der Waals surface area contributed by atoms with E-state index in [1.165, 1.54) is 32.1 Å². The van der Waals surface area contributed by atoms with Crippen LogP contribution in [0.2, 0.25) is 0 Å². The molecule has 2 nitrogen and oxygen atoms in total. The van der Waals surface area contributed by atoms with Crippen molar-refractivity contribution < 1.29 is 4.74 Å². The van der Waals surface area contributed by atoms with Crippen molar-refractivity contribution in [3.8, 4) is 0 Å². The number of ether oxygens (including phenoxy) is 1. The van der Waals surface area contributed by atoms with Crippen LogP contribution in [0.4, 0.5) is 0 Å². The Labute approximate surface area is 80.7 Å². The van der Waals surface area contributed by atoms with Gasteiger partial charge in [0.2, 0.25) is 0 Å². The Hall–Kier alpha value is -0.790. The number of hydrogen-bond acceptors (Lipinski definition) is 2. The van der Waals surface area contributed by atoms with Crippen LogP contribution in [-0.4, -0.2) is 12.5 Å². The largest absolute Gasteiger partial charge is 0.476 e. The van der Waals surface area contributed by atoms with E-state index in [0.717, 1.165) is 12.3 Å². The molecule has 0 aromatic heterocycles. The third-order valence-corrected chi connectivity index (χ3v) is 2.16. The van der Waals surface area contributed by atoms with E-state index in [9.17, 15) is 0 Å². The molecule has 1 heterocycles. The molecule has 0 aromatic carbocycles. The van der Waals surface area contributed by atoms with Crippen molar-refractivity contribution >= 4 is 5.90 Å². The second-order valence-electron chi connectivity index (χ2n) is 3.38. The number of unbranched alkanes of at least 4 members (excludes halogenated alkanes) is 4. The molecule has 13 heavy (non-hydrogen) atoms. The van der Waals surface area contributed by atoms with Gasteiger partial charge in [-0.25, -0.2) is 4.99 Å². The lowest BCUT2D eigenvalue weighted by Gasteiger charge is -2.09. The molecular formula is C11H19NO. The molecule has 0 atom stereocenters. The van der Waals surface area contributed by atoms with Crippen molar-refractivity contribution in [1.82, 2.24) is 0 Å². The molecule has 1 aliphatic heterocycles. The van der Waals surface area contributed by atoms with Gasteiger partial charge in [-0.3, -0.25) is 0 Å². The minimum atomic E-state index is 0.702. The van der Waals surface area contributed by atoms with Gasteiger partial charge in [-0.15, -0.1) is 0 Å². The van der Waals surface area contributed by atoms with Crippen molar-refractivity contribution in [2.45, 2.75) is 45.4 Å². The molecular weight excluding hydrogens is 162 g/mol. The van der Waals surface area contributed by atoms with E-state index in [1.54, 1.807) is 0 Å². The van der Waals surface area contributed by atoms with Gasteiger partial charge in [-0.05, 0) is 12.5 Å². The van der Waals surface area contributed by atoms with Gasteiger partial charge in [-0.2, -0.15) is 0 Å². The van der Waals surface area contributed by atoms with Crippen LogP contribution in [0.1, 0.15) is 45.4 Å². The van der Waals surface area contributed by atoms with Crippen molar-refractivity contribution in [1.29, 1.82) is 0 Å². The SMILES string of the molecule is CCCCCCCC1=NC=CCO1. The lowest BCUT2D eigenvalue weighted by atomic mass is 10.1. The summed E-state index contributed by atoms with van der Waals surface area (Å²) in [6.07, 6.45) is 11.3. The highest BCUT2D eigenvalue weighted by Crippen LogP contribution is 2.07. The Kier molecular flexibility index (Phi) is 5.30. The van der Waals surface area contributed by atoms with Gasteiger partial charge in [0, 0.05) is 12.6 Å². The van der Waals surface area contributed by atoms with Gasteiger partial charge in [0.05, 0.1) is 0 Å². The number of hydrogen-bond donors (Lipinski definition) is 0. The highest BCUT2D eigenvalue weighted by Gasteiger charge is 2.01. The third-order valence-electron chi connectivity index (χ3n) is 2.16. The predicted octanol–water partition coefficient (Wildman–Crippen LogP) is 3.29. The molecule has 0 spiro atoms. The fraction of sp³-hybridized carbons (Fsp3) is 0.727. The molecule has 0 N–H and O–H groups in total. The van der Waals surface area contributed by atoms with Crippen molar-refractivity contribution in [3.63, 3.8) is 0 Å². The first kappa shape index (κ1) is 10.3. The maximum atomic E-state index is 5.35. The lowest BCUT2D eigenvalue weighted by molar-refractivity contribution is 0.331. The third kappa shape index (κ3) is 4.71. The average Bonchev–Trinajstić information content (AvgIpc) is 2.19. The molecule has 0 saturated carbocycles. The minimum Gasteiger partial charge on any atom is -0.476 e. The molecule has 1 rings (SSSR count). The smallest absolute Gasteiger partial charge is 0.188 e. The van der Waals surface area contributed by atoms with Crippen LogP contribution in [-0.2, 0) is 4.74 Å². The van der Waals surface area contributed by atoms with Crippen molar-refractivity contribution in [3.05, 3.63) is 12.3 Å². The molecule has 0 radical (unpaired) electrons. The van der Waals surface area contributed by atoms with Crippen LogP contribution in [0.15, 0.2) is 17.3 Å². The zero-order valence-corrected chi connectivity index (χ0v) is 8.46. The van der Waals surface area contributed by atoms with Crippen molar-refractivity contribution in [2.75, 3.05) is 6.61 Å². The lowest BCUT2D eigenvalue weighted by Crippen LogP contribution is -2.07. The van der Waals surface area contributed by atoms with E-state index >= 15 is 0 Å². The molecule has 0 saturated heterocycles. The van der Waals surface area contributed by atoms with Crippen LogP contribution in [0.3, 0.4) is 0 Å². The fourth-order valence-electron chi connectivity index (χ4n) is 1.38. The number of aliphatic imine (C=N–C) groups is 1. The normalized spacial score (nSPS) is 15.3. The summed E-state index contributed by atoms with van der Waals surface area (Å²) in [5.41, 5.74) is 0. The fourth-order valence-corrected chi connectivity index (χ4v) is 1.38. The van der Waals surface area contributed by atoms with E-state index in [0.29, 0.717) is 6.61 Å². The first-order chi connectivity index (χ1) is 6.43. The monoisotopic (exact) mass is 181 g/mol. The van der Waals surface area contributed by atoms with Gasteiger partial charge >= 0.3 is 0 Å². The summed E-state index contributed by atoms with van der Waals surface area (Å²) in [5.74, 6) is 0.916. The van der Waals surface area contributed by atoms with Crippen LogP contribution < -0.4 is 0 Å².